The van der Waals surface area contributed by atoms with Gasteiger partial charge >= 0.3 is 8.80 Å². The largest absolute Gasteiger partial charge is 0.737 e. The maximum Gasteiger partial charge on any atom is 0.737 e. The van der Waals surface area contributed by atoms with E-state index in [0.717, 1.165) is 39.7 Å². The van der Waals surface area contributed by atoms with Crippen LogP contribution in [0.4, 0.5) is 0 Å². The Bertz CT molecular complexity index is 794. The van der Waals surface area contributed by atoms with Crippen molar-refractivity contribution in [1.29, 1.82) is 0 Å². The molecular formula is C20H19NO3S3Si. The molecule has 0 radical (unpaired) electrons. The van der Waals surface area contributed by atoms with E-state index < -0.39 is 8.80 Å². The summed E-state index contributed by atoms with van der Waals surface area (Å²) >= 11 is 5.18. The van der Waals surface area contributed by atoms with E-state index in [1.54, 1.807) is 47.7 Å². The van der Waals surface area contributed by atoms with Gasteiger partial charge in [-0.3, -0.25) is 4.98 Å². The van der Waals surface area contributed by atoms with Gasteiger partial charge in [0.25, 0.3) is 0 Å². The molecule has 1 aromatic rings. The van der Waals surface area contributed by atoms with Crippen molar-refractivity contribution < 1.29 is 13.3 Å². The second-order valence-electron chi connectivity index (χ2n) is 5.83. The number of hydrogen-bond acceptors (Lipinski definition) is 7. The highest BCUT2D eigenvalue weighted by atomic mass is 32.2. The van der Waals surface area contributed by atoms with E-state index in [1.807, 2.05) is 46.6 Å². The average molecular weight is 446 g/mol. The van der Waals surface area contributed by atoms with Gasteiger partial charge in [-0.15, -0.1) is 35.3 Å². The van der Waals surface area contributed by atoms with Gasteiger partial charge in [0.1, 0.15) is 17.3 Å². The first-order valence-electron chi connectivity index (χ1n) is 8.77. The lowest BCUT2D eigenvalue weighted by atomic mass is 10.4. The van der Waals surface area contributed by atoms with Gasteiger partial charge in [-0.25, -0.2) is 0 Å². The Balaban J connectivity index is 1.74. The highest BCUT2D eigenvalue weighted by Gasteiger charge is 2.53. The van der Waals surface area contributed by atoms with E-state index >= 15 is 0 Å². The third kappa shape index (κ3) is 4.99. The third-order valence-corrected chi connectivity index (χ3v) is 8.54. The van der Waals surface area contributed by atoms with E-state index in [4.69, 9.17) is 13.3 Å². The van der Waals surface area contributed by atoms with Crippen molar-refractivity contribution in [2.45, 2.75) is 0 Å². The predicted octanol–water partition coefficient (Wildman–Crippen LogP) is 4.71. The Kier molecular flexibility index (Phi) is 6.74. The first-order chi connectivity index (χ1) is 13.8. The van der Waals surface area contributed by atoms with Gasteiger partial charge in [-0.2, -0.15) is 0 Å². The molecular weight excluding hydrogens is 427 g/mol. The van der Waals surface area contributed by atoms with Crippen LogP contribution in [0.25, 0.3) is 0 Å². The maximum absolute atomic E-state index is 6.54. The molecule has 0 aliphatic carbocycles. The van der Waals surface area contributed by atoms with Gasteiger partial charge in [0.15, 0.2) is 0 Å². The fraction of sp³-hybridized carbons (Fsp3) is 0.150. The summed E-state index contributed by atoms with van der Waals surface area (Å²) < 4.78 is 19.6. The van der Waals surface area contributed by atoms with Crippen molar-refractivity contribution in [3.8, 4) is 0 Å². The minimum Gasteiger partial charge on any atom is -0.480 e. The maximum atomic E-state index is 6.54. The molecule has 0 bridgehead atoms. The zero-order valence-corrected chi connectivity index (χ0v) is 18.5. The second-order valence-corrected chi connectivity index (χ2v) is 10.9. The SMILES string of the molecule is C1=CC(O[Si](OC2=CCSC=C2)(OC2=CCSC=C2)c2ccncc2)=CCS1. The second kappa shape index (κ2) is 9.64. The summed E-state index contributed by atoms with van der Waals surface area (Å²) in [5.74, 6) is 4.91. The Morgan fingerprint density at radius 3 is 1.46 bits per heavy atom. The van der Waals surface area contributed by atoms with Crippen molar-refractivity contribution in [1.82, 2.24) is 4.98 Å². The van der Waals surface area contributed by atoms with Crippen LogP contribution in [0.3, 0.4) is 0 Å². The summed E-state index contributed by atoms with van der Waals surface area (Å²) in [6.07, 6.45) is 15.6. The first kappa shape index (κ1) is 19.6. The average Bonchev–Trinajstić information content (AvgIpc) is 2.76. The molecule has 28 heavy (non-hydrogen) atoms. The molecule has 0 saturated heterocycles. The smallest absolute Gasteiger partial charge is 0.480 e. The molecule has 0 atom stereocenters. The van der Waals surface area contributed by atoms with Crippen LogP contribution < -0.4 is 5.19 Å². The van der Waals surface area contributed by atoms with Gasteiger partial charge in [0.05, 0.1) is 5.19 Å². The van der Waals surface area contributed by atoms with E-state index in [0.29, 0.717) is 0 Å². The van der Waals surface area contributed by atoms with Gasteiger partial charge in [0, 0.05) is 29.7 Å². The molecule has 3 aliphatic rings. The van der Waals surface area contributed by atoms with Crippen LogP contribution in [0, 0.1) is 0 Å². The highest BCUT2D eigenvalue weighted by molar-refractivity contribution is 8.02. The standard InChI is InChI=1S/C20H19NO3S3Si/c1-9-21-10-2-20(1)28(22-17-3-11-25-12-4-17,23-18-5-13-26-14-6-18)24-19-7-15-27-16-8-19/h1-11,13,15H,12,14,16H2. The zero-order chi connectivity index (χ0) is 19.1. The van der Waals surface area contributed by atoms with Crippen LogP contribution in [0.2, 0.25) is 0 Å². The third-order valence-electron chi connectivity index (χ3n) is 3.92. The van der Waals surface area contributed by atoms with Crippen LogP contribution in [0.5, 0.6) is 0 Å². The first-order valence-corrected chi connectivity index (χ1v) is 13.6. The van der Waals surface area contributed by atoms with Gasteiger partial charge < -0.3 is 13.3 Å². The minimum atomic E-state index is -3.36. The highest BCUT2D eigenvalue weighted by Crippen LogP contribution is 2.28. The summed E-state index contributed by atoms with van der Waals surface area (Å²) in [5, 5.41) is 6.98. The molecule has 3 aliphatic heterocycles. The lowest BCUT2D eigenvalue weighted by Crippen LogP contribution is -2.56. The molecule has 4 rings (SSSR count). The Morgan fingerprint density at radius 2 is 1.11 bits per heavy atom. The van der Waals surface area contributed by atoms with Crippen molar-refractivity contribution in [2.75, 3.05) is 17.3 Å². The van der Waals surface area contributed by atoms with Crippen molar-refractivity contribution in [3.05, 3.63) is 94.5 Å². The van der Waals surface area contributed by atoms with Gasteiger partial charge in [0.2, 0.25) is 0 Å². The molecule has 0 saturated carbocycles. The summed E-state index contributed by atoms with van der Waals surface area (Å²) in [6.45, 7) is 0. The number of nitrogens with zero attached hydrogens (tertiary/aromatic N) is 1. The Labute approximate surface area is 178 Å². The predicted molar refractivity (Wildman–Crippen MR) is 122 cm³/mol. The lowest BCUT2D eigenvalue weighted by Gasteiger charge is -2.32. The van der Waals surface area contributed by atoms with Crippen molar-refractivity contribution >= 4 is 49.3 Å². The van der Waals surface area contributed by atoms with Gasteiger partial charge in [-0.1, -0.05) is 0 Å². The summed E-state index contributed by atoms with van der Waals surface area (Å²) in [7, 11) is -3.36. The molecule has 0 unspecified atom stereocenters. The van der Waals surface area contributed by atoms with E-state index in [1.165, 1.54) is 0 Å². The normalized spacial score (nSPS) is 18.8. The molecule has 4 heterocycles. The van der Waals surface area contributed by atoms with Crippen LogP contribution in [0.1, 0.15) is 0 Å². The van der Waals surface area contributed by atoms with E-state index in [9.17, 15) is 0 Å². The summed E-state index contributed by atoms with van der Waals surface area (Å²) in [4.78, 5) is 4.16. The van der Waals surface area contributed by atoms with Crippen LogP contribution in [0.15, 0.2) is 94.5 Å². The summed E-state index contributed by atoms with van der Waals surface area (Å²) in [5.41, 5.74) is 0. The molecule has 0 aromatic carbocycles. The molecule has 0 fully saturated rings. The monoisotopic (exact) mass is 445 g/mol. The minimum absolute atomic E-state index is 0.770. The number of thioether (sulfide) groups is 3. The Morgan fingerprint density at radius 1 is 0.679 bits per heavy atom. The molecule has 144 valence electrons. The number of pyridine rings is 1. The van der Waals surface area contributed by atoms with Crippen LogP contribution in [-0.4, -0.2) is 31.0 Å². The fourth-order valence-electron chi connectivity index (χ4n) is 2.59. The van der Waals surface area contributed by atoms with E-state index in [2.05, 4.69) is 23.2 Å². The number of allylic oxidation sites excluding steroid dienone is 3. The van der Waals surface area contributed by atoms with E-state index in [-0.39, 0.29) is 0 Å². The number of hydrogen-bond donors (Lipinski definition) is 0. The van der Waals surface area contributed by atoms with Crippen LogP contribution in [-0.2, 0) is 13.3 Å². The van der Waals surface area contributed by atoms with Crippen molar-refractivity contribution in [2.24, 2.45) is 0 Å². The molecule has 1 aromatic heterocycles. The molecule has 0 amide bonds. The van der Waals surface area contributed by atoms with Crippen molar-refractivity contribution in [3.63, 3.8) is 0 Å². The summed E-state index contributed by atoms with van der Waals surface area (Å²) in [6, 6.07) is 3.83. The zero-order valence-electron chi connectivity index (χ0n) is 15.0. The lowest BCUT2D eigenvalue weighted by molar-refractivity contribution is 0.170. The fourth-order valence-corrected chi connectivity index (χ4v) is 6.82. The molecule has 0 N–H and O–H groups in total. The molecule has 0 spiro atoms. The molecule has 8 heteroatoms. The number of aromatic nitrogens is 1. The van der Waals surface area contributed by atoms with Gasteiger partial charge in [-0.05, 0) is 64.8 Å². The number of rotatable bonds is 7. The van der Waals surface area contributed by atoms with Crippen LogP contribution >= 0.6 is 35.3 Å². The molecule has 4 nitrogen and oxygen atoms in total. The topological polar surface area (TPSA) is 40.6 Å². The Hall–Kier alpha value is -1.74. The quantitative estimate of drug-likeness (QED) is 0.563.